The van der Waals surface area contributed by atoms with E-state index in [1.54, 1.807) is 17.0 Å². The molecule has 0 radical (unpaired) electrons. The molecule has 5 heteroatoms. The number of piperidine rings is 1. The number of ether oxygens (including phenoxy) is 1. The third kappa shape index (κ3) is 4.84. The quantitative estimate of drug-likeness (QED) is 0.709. The fourth-order valence-electron chi connectivity index (χ4n) is 3.70. The van der Waals surface area contributed by atoms with Crippen molar-refractivity contribution in [1.29, 1.82) is 0 Å². The number of likely N-dealkylation sites (tertiary alicyclic amines) is 1. The first-order valence-electron chi connectivity index (χ1n) is 10.0. The van der Waals surface area contributed by atoms with Gasteiger partial charge in [-0.1, -0.05) is 44.4 Å². The van der Waals surface area contributed by atoms with E-state index in [1.165, 1.54) is 12.1 Å². The van der Waals surface area contributed by atoms with Crippen LogP contribution in [-0.2, 0) is 0 Å². The molecule has 150 valence electrons. The number of amides is 1. The Morgan fingerprint density at radius 1 is 1.14 bits per heavy atom. The summed E-state index contributed by atoms with van der Waals surface area (Å²) in [6, 6.07) is 15.7. The summed E-state index contributed by atoms with van der Waals surface area (Å²) in [6.07, 6.45) is 3.76. The minimum Gasteiger partial charge on any atom is -0.508 e. The monoisotopic (exact) mass is 383 g/mol. The first-order chi connectivity index (χ1) is 13.5. The molecule has 0 spiro atoms. The predicted octanol–water partition coefficient (Wildman–Crippen LogP) is 4.00. The fourth-order valence-corrected chi connectivity index (χ4v) is 3.70. The molecule has 2 aromatic carbocycles. The van der Waals surface area contributed by atoms with Crippen LogP contribution in [0.3, 0.4) is 0 Å². The minimum absolute atomic E-state index is 0.114. The Morgan fingerprint density at radius 3 is 2.54 bits per heavy atom. The van der Waals surface area contributed by atoms with Gasteiger partial charge in [0.15, 0.2) is 0 Å². The topological polar surface area (TPSA) is 70.0 Å². The normalized spacial score (nSPS) is 22.1. The molecule has 28 heavy (non-hydrogen) atoms. The molecule has 2 aromatic rings. The van der Waals surface area contributed by atoms with E-state index in [1.807, 2.05) is 30.3 Å². The first-order valence-corrected chi connectivity index (χ1v) is 10.0. The molecule has 1 aliphatic heterocycles. The molecule has 3 rings (SSSR count). The van der Waals surface area contributed by atoms with Crippen molar-refractivity contribution in [2.45, 2.75) is 50.7 Å². The summed E-state index contributed by atoms with van der Waals surface area (Å²) in [7, 11) is 0. The van der Waals surface area contributed by atoms with Crippen LogP contribution >= 0.6 is 0 Å². The molecule has 1 fully saturated rings. The molecule has 5 nitrogen and oxygen atoms in total. The maximum atomic E-state index is 12.9. The van der Waals surface area contributed by atoms with Crippen LogP contribution in [0.25, 0.3) is 0 Å². The molecule has 0 aromatic heterocycles. The second-order valence-electron chi connectivity index (χ2n) is 7.53. The average Bonchev–Trinajstić information content (AvgIpc) is 2.71. The van der Waals surface area contributed by atoms with Gasteiger partial charge in [0.1, 0.15) is 23.2 Å². The lowest BCUT2D eigenvalue weighted by molar-refractivity contribution is -0.106. The number of phenolic OH excluding ortho intramolecular Hbond substituents is 1. The Balaban J connectivity index is 1.76. The Bertz CT molecular complexity index is 762. The van der Waals surface area contributed by atoms with Gasteiger partial charge in [0, 0.05) is 12.1 Å². The summed E-state index contributed by atoms with van der Waals surface area (Å²) in [5.74, 6) is 0.711. The molecule has 2 atom stereocenters. The SMILES string of the molecule is CCCCC[C@]1(O)CCN(C(=O)c2ccc(O)cc2)C[C@@H]1Oc1ccccc1. The van der Waals surface area contributed by atoms with E-state index in [4.69, 9.17) is 4.74 Å². The Labute approximate surface area is 166 Å². The fraction of sp³-hybridized carbons (Fsp3) is 0.435. The Morgan fingerprint density at radius 2 is 1.86 bits per heavy atom. The maximum Gasteiger partial charge on any atom is 0.253 e. The largest absolute Gasteiger partial charge is 0.508 e. The number of rotatable bonds is 7. The zero-order chi connectivity index (χ0) is 20.0. The highest BCUT2D eigenvalue weighted by molar-refractivity contribution is 5.94. The van der Waals surface area contributed by atoms with Gasteiger partial charge in [0.2, 0.25) is 0 Å². The third-order valence-corrected chi connectivity index (χ3v) is 5.44. The van der Waals surface area contributed by atoms with Crippen molar-refractivity contribution in [2.75, 3.05) is 13.1 Å². The lowest BCUT2D eigenvalue weighted by Gasteiger charge is -2.44. The highest BCUT2D eigenvalue weighted by atomic mass is 16.5. The van der Waals surface area contributed by atoms with Crippen LogP contribution in [-0.4, -0.2) is 45.8 Å². The van der Waals surface area contributed by atoms with E-state index in [0.717, 1.165) is 19.3 Å². The van der Waals surface area contributed by atoms with Crippen LogP contribution < -0.4 is 4.74 Å². The molecule has 2 N–H and O–H groups in total. The summed E-state index contributed by atoms with van der Waals surface area (Å²) in [6.45, 7) is 2.95. The minimum atomic E-state index is -0.948. The lowest BCUT2D eigenvalue weighted by Crippen LogP contribution is -2.59. The number of para-hydroxylation sites is 1. The van der Waals surface area contributed by atoms with Crippen LogP contribution in [0.5, 0.6) is 11.5 Å². The number of carbonyl (C=O) groups excluding carboxylic acids is 1. The zero-order valence-electron chi connectivity index (χ0n) is 16.4. The number of aromatic hydroxyl groups is 1. The van der Waals surface area contributed by atoms with E-state index in [-0.39, 0.29) is 11.7 Å². The van der Waals surface area contributed by atoms with Crippen molar-refractivity contribution < 1.29 is 19.7 Å². The molecule has 0 bridgehead atoms. The lowest BCUT2D eigenvalue weighted by atomic mass is 9.83. The Kier molecular flexibility index (Phi) is 6.57. The smallest absolute Gasteiger partial charge is 0.253 e. The van der Waals surface area contributed by atoms with Gasteiger partial charge in [-0.3, -0.25) is 4.79 Å². The molecular formula is C23H29NO4. The van der Waals surface area contributed by atoms with Crippen molar-refractivity contribution in [1.82, 2.24) is 4.90 Å². The molecule has 1 aliphatic rings. The summed E-state index contributed by atoms with van der Waals surface area (Å²) in [5, 5.41) is 20.8. The van der Waals surface area contributed by atoms with Gasteiger partial charge in [-0.05, 0) is 49.2 Å². The molecular weight excluding hydrogens is 354 g/mol. The van der Waals surface area contributed by atoms with Gasteiger partial charge >= 0.3 is 0 Å². The predicted molar refractivity (Wildman–Crippen MR) is 109 cm³/mol. The van der Waals surface area contributed by atoms with Crippen LogP contribution in [0, 0.1) is 0 Å². The number of hydrogen-bond donors (Lipinski definition) is 2. The summed E-state index contributed by atoms with van der Waals surface area (Å²) in [5.41, 5.74) is -0.427. The standard InChI is InChI=1S/C23H29NO4/c1-2-3-7-14-23(27)15-16-24(22(26)18-10-12-19(25)13-11-18)17-21(23)28-20-8-5-4-6-9-20/h4-6,8-13,21,25,27H,2-3,7,14-17H2,1H3/t21-,23-/m0/s1. The Hall–Kier alpha value is -2.53. The first kappa shape index (κ1) is 20.2. The van der Waals surface area contributed by atoms with Crippen molar-refractivity contribution in [3.05, 3.63) is 60.2 Å². The number of hydrogen-bond acceptors (Lipinski definition) is 4. The molecule has 1 amide bonds. The highest BCUT2D eigenvalue weighted by Gasteiger charge is 2.44. The van der Waals surface area contributed by atoms with Crippen molar-refractivity contribution in [3.8, 4) is 11.5 Å². The number of phenols is 1. The van der Waals surface area contributed by atoms with Crippen molar-refractivity contribution >= 4 is 5.91 Å². The number of unbranched alkanes of at least 4 members (excludes halogenated alkanes) is 2. The van der Waals surface area contributed by atoms with E-state index in [0.29, 0.717) is 37.2 Å². The van der Waals surface area contributed by atoms with Gasteiger partial charge in [-0.15, -0.1) is 0 Å². The third-order valence-electron chi connectivity index (χ3n) is 5.44. The number of nitrogens with zero attached hydrogens (tertiary/aromatic N) is 1. The molecule has 0 unspecified atom stereocenters. The maximum absolute atomic E-state index is 12.9. The van der Waals surface area contributed by atoms with Gasteiger partial charge in [-0.2, -0.15) is 0 Å². The highest BCUT2D eigenvalue weighted by Crippen LogP contribution is 2.32. The molecule has 1 saturated heterocycles. The number of benzene rings is 2. The molecule has 0 aliphatic carbocycles. The van der Waals surface area contributed by atoms with E-state index in [2.05, 4.69) is 6.92 Å². The van der Waals surface area contributed by atoms with Crippen molar-refractivity contribution in [2.24, 2.45) is 0 Å². The van der Waals surface area contributed by atoms with Crippen LogP contribution in [0.2, 0.25) is 0 Å². The van der Waals surface area contributed by atoms with Gasteiger partial charge < -0.3 is 19.8 Å². The number of carbonyl (C=O) groups is 1. The van der Waals surface area contributed by atoms with Gasteiger partial charge in [0.25, 0.3) is 5.91 Å². The van der Waals surface area contributed by atoms with E-state index >= 15 is 0 Å². The van der Waals surface area contributed by atoms with Gasteiger partial charge in [0.05, 0.1) is 6.54 Å². The summed E-state index contributed by atoms with van der Waals surface area (Å²) >= 11 is 0. The van der Waals surface area contributed by atoms with Gasteiger partial charge in [-0.25, -0.2) is 0 Å². The zero-order valence-corrected chi connectivity index (χ0v) is 16.4. The molecule has 0 saturated carbocycles. The second-order valence-corrected chi connectivity index (χ2v) is 7.53. The summed E-state index contributed by atoms with van der Waals surface area (Å²) in [4.78, 5) is 14.6. The van der Waals surface area contributed by atoms with E-state index < -0.39 is 11.7 Å². The van der Waals surface area contributed by atoms with Crippen LogP contribution in [0.1, 0.15) is 49.4 Å². The van der Waals surface area contributed by atoms with E-state index in [9.17, 15) is 15.0 Å². The summed E-state index contributed by atoms with van der Waals surface area (Å²) < 4.78 is 6.15. The molecule has 1 heterocycles. The van der Waals surface area contributed by atoms with Crippen LogP contribution in [0.4, 0.5) is 0 Å². The average molecular weight is 383 g/mol. The second kappa shape index (κ2) is 9.11. The van der Waals surface area contributed by atoms with Crippen molar-refractivity contribution in [3.63, 3.8) is 0 Å². The van der Waals surface area contributed by atoms with Crippen LogP contribution in [0.15, 0.2) is 54.6 Å². The number of aliphatic hydroxyl groups is 1.